The molecule has 0 saturated carbocycles. The Morgan fingerprint density at radius 2 is 1.94 bits per heavy atom. The first-order valence-electron chi connectivity index (χ1n) is 5.28. The highest BCUT2D eigenvalue weighted by Crippen LogP contribution is 2.31. The molecular formula is C12H16F2O2. The number of hydrogen-bond donors (Lipinski definition) is 1. The van der Waals surface area contributed by atoms with Gasteiger partial charge >= 0.3 is 6.61 Å². The smallest absolute Gasteiger partial charge is 0.387 e. The fraction of sp³-hybridized carbons (Fsp3) is 0.500. The van der Waals surface area contributed by atoms with Gasteiger partial charge in [0.05, 0.1) is 6.10 Å². The average molecular weight is 230 g/mol. The number of para-hydroxylation sites is 1. The van der Waals surface area contributed by atoms with Crippen molar-refractivity contribution in [3.05, 3.63) is 29.8 Å². The van der Waals surface area contributed by atoms with Crippen molar-refractivity contribution < 1.29 is 18.6 Å². The minimum Gasteiger partial charge on any atom is -0.434 e. The van der Waals surface area contributed by atoms with Crippen LogP contribution >= 0.6 is 0 Å². The molecule has 0 aromatic heterocycles. The Balaban J connectivity index is 2.93. The molecule has 0 aliphatic heterocycles. The standard InChI is InChI=1S/C12H16F2O2/c1-3-8(2)11(15)9-6-4-5-7-10(9)16-12(13)14/h4-8,11-12,15H,3H2,1-2H3. The van der Waals surface area contributed by atoms with Crippen molar-refractivity contribution in [2.24, 2.45) is 5.92 Å². The van der Waals surface area contributed by atoms with Crippen LogP contribution in [-0.2, 0) is 0 Å². The second-order valence-corrected chi connectivity index (χ2v) is 3.75. The number of halogens is 2. The fourth-order valence-electron chi connectivity index (χ4n) is 1.46. The van der Waals surface area contributed by atoms with Gasteiger partial charge < -0.3 is 9.84 Å². The van der Waals surface area contributed by atoms with Crippen LogP contribution in [0.25, 0.3) is 0 Å². The minimum atomic E-state index is -2.87. The van der Waals surface area contributed by atoms with Crippen LogP contribution in [0.4, 0.5) is 8.78 Å². The maximum Gasteiger partial charge on any atom is 0.387 e. The molecule has 0 saturated heterocycles. The van der Waals surface area contributed by atoms with Gasteiger partial charge in [0.2, 0.25) is 0 Å². The van der Waals surface area contributed by atoms with Crippen LogP contribution in [0.5, 0.6) is 5.75 Å². The van der Waals surface area contributed by atoms with Crippen molar-refractivity contribution in [3.63, 3.8) is 0 Å². The monoisotopic (exact) mass is 230 g/mol. The molecule has 4 heteroatoms. The van der Waals surface area contributed by atoms with E-state index in [-0.39, 0.29) is 11.7 Å². The molecule has 2 unspecified atom stereocenters. The van der Waals surface area contributed by atoms with E-state index in [4.69, 9.17) is 0 Å². The largest absolute Gasteiger partial charge is 0.434 e. The second kappa shape index (κ2) is 5.80. The topological polar surface area (TPSA) is 29.5 Å². The number of aliphatic hydroxyl groups excluding tert-OH is 1. The van der Waals surface area contributed by atoms with Gasteiger partial charge in [-0.3, -0.25) is 0 Å². The molecule has 0 bridgehead atoms. The van der Waals surface area contributed by atoms with Crippen LogP contribution in [0.1, 0.15) is 31.9 Å². The summed E-state index contributed by atoms with van der Waals surface area (Å²) < 4.78 is 28.7. The zero-order chi connectivity index (χ0) is 12.1. The molecule has 0 aliphatic rings. The minimum absolute atomic E-state index is 0.00224. The van der Waals surface area contributed by atoms with Crippen molar-refractivity contribution in [1.29, 1.82) is 0 Å². The van der Waals surface area contributed by atoms with Gasteiger partial charge in [0.15, 0.2) is 0 Å². The number of alkyl halides is 2. The van der Waals surface area contributed by atoms with E-state index in [0.717, 1.165) is 6.42 Å². The second-order valence-electron chi connectivity index (χ2n) is 3.75. The maximum absolute atomic E-state index is 12.1. The summed E-state index contributed by atoms with van der Waals surface area (Å²) in [5, 5.41) is 9.96. The van der Waals surface area contributed by atoms with Crippen LogP contribution in [0, 0.1) is 5.92 Å². The van der Waals surface area contributed by atoms with Gasteiger partial charge in [-0.1, -0.05) is 38.5 Å². The van der Waals surface area contributed by atoms with E-state index in [1.165, 1.54) is 6.07 Å². The Labute approximate surface area is 93.9 Å². The Hall–Kier alpha value is -1.16. The summed E-state index contributed by atoms with van der Waals surface area (Å²) >= 11 is 0. The van der Waals surface area contributed by atoms with E-state index in [2.05, 4.69) is 4.74 Å². The molecule has 0 radical (unpaired) electrons. The van der Waals surface area contributed by atoms with E-state index in [1.54, 1.807) is 18.2 Å². The molecule has 0 heterocycles. The highest BCUT2D eigenvalue weighted by molar-refractivity contribution is 5.35. The SMILES string of the molecule is CCC(C)C(O)c1ccccc1OC(F)F. The predicted octanol–water partition coefficient (Wildman–Crippen LogP) is 3.37. The summed E-state index contributed by atoms with van der Waals surface area (Å²) in [6, 6.07) is 6.34. The lowest BCUT2D eigenvalue weighted by Gasteiger charge is -2.20. The molecule has 0 aliphatic carbocycles. The van der Waals surface area contributed by atoms with Crippen molar-refractivity contribution in [2.75, 3.05) is 0 Å². The van der Waals surface area contributed by atoms with E-state index in [0.29, 0.717) is 5.56 Å². The van der Waals surface area contributed by atoms with E-state index in [1.807, 2.05) is 13.8 Å². The first-order chi connectivity index (χ1) is 7.56. The molecule has 1 aromatic carbocycles. The molecule has 90 valence electrons. The van der Waals surface area contributed by atoms with Crippen molar-refractivity contribution in [1.82, 2.24) is 0 Å². The summed E-state index contributed by atoms with van der Waals surface area (Å²) in [4.78, 5) is 0. The fourth-order valence-corrected chi connectivity index (χ4v) is 1.46. The van der Waals surface area contributed by atoms with Crippen molar-refractivity contribution in [3.8, 4) is 5.75 Å². The van der Waals surface area contributed by atoms with Gasteiger partial charge in [0.25, 0.3) is 0 Å². The van der Waals surface area contributed by atoms with Crippen LogP contribution in [0.15, 0.2) is 24.3 Å². The third-order valence-corrected chi connectivity index (χ3v) is 2.64. The number of aliphatic hydroxyl groups is 1. The predicted molar refractivity (Wildman–Crippen MR) is 57.5 cm³/mol. The number of rotatable bonds is 5. The molecule has 0 fully saturated rings. The molecule has 2 atom stereocenters. The van der Waals surface area contributed by atoms with Crippen LogP contribution in [0.3, 0.4) is 0 Å². The first-order valence-corrected chi connectivity index (χ1v) is 5.28. The molecular weight excluding hydrogens is 214 g/mol. The van der Waals surface area contributed by atoms with E-state index in [9.17, 15) is 13.9 Å². The lowest BCUT2D eigenvalue weighted by atomic mass is 9.95. The number of benzene rings is 1. The Morgan fingerprint density at radius 3 is 2.50 bits per heavy atom. The Bertz CT molecular complexity index is 329. The lowest BCUT2D eigenvalue weighted by Crippen LogP contribution is -2.11. The lowest BCUT2D eigenvalue weighted by molar-refractivity contribution is -0.0521. The van der Waals surface area contributed by atoms with Gasteiger partial charge in [0, 0.05) is 5.56 Å². The van der Waals surface area contributed by atoms with E-state index >= 15 is 0 Å². The van der Waals surface area contributed by atoms with Gasteiger partial charge in [-0.15, -0.1) is 0 Å². The zero-order valence-corrected chi connectivity index (χ0v) is 9.36. The Morgan fingerprint density at radius 1 is 1.31 bits per heavy atom. The summed E-state index contributed by atoms with van der Waals surface area (Å²) in [5.74, 6) is 0.0488. The maximum atomic E-state index is 12.1. The average Bonchev–Trinajstić information content (AvgIpc) is 2.27. The van der Waals surface area contributed by atoms with Crippen molar-refractivity contribution in [2.45, 2.75) is 33.0 Å². The highest BCUT2D eigenvalue weighted by atomic mass is 19.3. The summed E-state index contributed by atoms with van der Waals surface area (Å²) in [5.41, 5.74) is 0.414. The molecule has 1 rings (SSSR count). The van der Waals surface area contributed by atoms with Gasteiger partial charge in [0.1, 0.15) is 5.75 Å². The van der Waals surface area contributed by atoms with Gasteiger partial charge in [-0.25, -0.2) is 0 Å². The van der Waals surface area contributed by atoms with E-state index < -0.39 is 12.7 Å². The van der Waals surface area contributed by atoms with Crippen LogP contribution in [-0.4, -0.2) is 11.7 Å². The van der Waals surface area contributed by atoms with Crippen molar-refractivity contribution >= 4 is 0 Å². The van der Waals surface area contributed by atoms with Gasteiger partial charge in [-0.05, 0) is 12.0 Å². The van der Waals surface area contributed by atoms with Gasteiger partial charge in [-0.2, -0.15) is 8.78 Å². The quantitative estimate of drug-likeness (QED) is 0.840. The molecule has 2 nitrogen and oxygen atoms in total. The molecule has 0 amide bonds. The normalized spacial score (nSPS) is 14.9. The molecule has 0 spiro atoms. The Kier molecular flexibility index (Phi) is 4.68. The van der Waals surface area contributed by atoms with Crippen LogP contribution in [0.2, 0.25) is 0 Å². The summed E-state index contributed by atoms with van der Waals surface area (Å²) in [7, 11) is 0. The third-order valence-electron chi connectivity index (χ3n) is 2.64. The third kappa shape index (κ3) is 3.17. The molecule has 16 heavy (non-hydrogen) atoms. The highest BCUT2D eigenvalue weighted by Gasteiger charge is 2.19. The zero-order valence-electron chi connectivity index (χ0n) is 9.36. The molecule has 1 aromatic rings. The summed E-state index contributed by atoms with van der Waals surface area (Å²) in [6.07, 6.45) is -0.00979. The summed E-state index contributed by atoms with van der Waals surface area (Å²) in [6.45, 7) is 0.930. The van der Waals surface area contributed by atoms with Crippen LogP contribution < -0.4 is 4.74 Å². The number of ether oxygens (including phenoxy) is 1. The molecule has 1 N–H and O–H groups in total. The first kappa shape index (κ1) is 12.9. The number of hydrogen-bond acceptors (Lipinski definition) is 2.